The fourth-order valence-corrected chi connectivity index (χ4v) is 5.80. The Morgan fingerprint density at radius 1 is 1.18 bits per heavy atom. The van der Waals surface area contributed by atoms with Gasteiger partial charge in [-0.2, -0.15) is 0 Å². The minimum Gasteiger partial charge on any atom is -0.390 e. The number of aliphatic hydroxyl groups is 2. The fourth-order valence-electron chi connectivity index (χ4n) is 5.80. The first kappa shape index (κ1) is 18.0. The zero-order valence-corrected chi connectivity index (χ0v) is 15.3. The standard InChI is InChI=1S/C20H36O2/c1-7-18(4,21)13-9-16-19(5)12-8-11-17(2,3)15(19)10-14-20(16,6)22/h7,15-16,21-22H,1,8-14H2,2-6H3/t15-,16+,18-,19-,20?/m0/s1. The Hall–Kier alpha value is -0.340. The second kappa shape index (κ2) is 5.63. The molecule has 2 N–H and O–H groups in total. The largest absolute Gasteiger partial charge is 0.390 e. The van der Waals surface area contributed by atoms with Gasteiger partial charge in [0.1, 0.15) is 0 Å². The van der Waals surface area contributed by atoms with Gasteiger partial charge in [0, 0.05) is 0 Å². The summed E-state index contributed by atoms with van der Waals surface area (Å²) in [5.74, 6) is 0.928. The van der Waals surface area contributed by atoms with Gasteiger partial charge in [0.15, 0.2) is 0 Å². The summed E-state index contributed by atoms with van der Waals surface area (Å²) in [7, 11) is 0. The molecular weight excluding hydrogens is 272 g/mol. The molecule has 1 unspecified atom stereocenters. The van der Waals surface area contributed by atoms with E-state index in [1.54, 1.807) is 6.08 Å². The maximum Gasteiger partial charge on any atom is 0.0797 e. The molecule has 2 saturated carbocycles. The zero-order chi connectivity index (χ0) is 16.8. The summed E-state index contributed by atoms with van der Waals surface area (Å²) in [6.45, 7) is 14.8. The van der Waals surface area contributed by atoms with Crippen LogP contribution >= 0.6 is 0 Å². The fraction of sp³-hybridized carbons (Fsp3) is 0.900. The Morgan fingerprint density at radius 2 is 1.82 bits per heavy atom. The maximum absolute atomic E-state index is 11.1. The van der Waals surface area contributed by atoms with E-state index < -0.39 is 11.2 Å². The summed E-state index contributed by atoms with van der Waals surface area (Å²) in [6.07, 6.45) is 8.96. The van der Waals surface area contributed by atoms with Crippen molar-refractivity contribution in [2.24, 2.45) is 22.7 Å². The van der Waals surface area contributed by atoms with Crippen molar-refractivity contribution in [3.8, 4) is 0 Å². The van der Waals surface area contributed by atoms with Gasteiger partial charge < -0.3 is 10.2 Å². The summed E-state index contributed by atoms with van der Waals surface area (Å²) < 4.78 is 0. The highest BCUT2D eigenvalue weighted by molar-refractivity contribution is 5.08. The highest BCUT2D eigenvalue weighted by atomic mass is 16.3. The molecule has 0 aliphatic heterocycles. The van der Waals surface area contributed by atoms with E-state index in [4.69, 9.17) is 0 Å². The van der Waals surface area contributed by atoms with E-state index in [0.717, 1.165) is 19.3 Å². The van der Waals surface area contributed by atoms with Crippen LogP contribution in [0.1, 0.15) is 79.6 Å². The number of fused-ring (bicyclic) bond motifs is 1. The highest BCUT2D eigenvalue weighted by Gasteiger charge is 2.57. The van der Waals surface area contributed by atoms with Gasteiger partial charge in [-0.1, -0.05) is 33.3 Å². The average molecular weight is 309 g/mol. The van der Waals surface area contributed by atoms with Gasteiger partial charge in [-0.3, -0.25) is 0 Å². The molecule has 0 heterocycles. The molecule has 0 amide bonds. The molecule has 0 radical (unpaired) electrons. The molecule has 2 aliphatic rings. The molecule has 2 fully saturated rings. The lowest BCUT2D eigenvalue weighted by Crippen LogP contribution is -2.57. The highest BCUT2D eigenvalue weighted by Crippen LogP contribution is 2.63. The smallest absolute Gasteiger partial charge is 0.0797 e. The third kappa shape index (κ3) is 3.14. The summed E-state index contributed by atoms with van der Waals surface area (Å²) >= 11 is 0. The van der Waals surface area contributed by atoms with Gasteiger partial charge in [0.25, 0.3) is 0 Å². The first-order chi connectivity index (χ1) is 9.95. The number of hydrogen-bond acceptors (Lipinski definition) is 2. The molecule has 0 spiro atoms. The molecule has 0 saturated heterocycles. The summed E-state index contributed by atoms with van der Waals surface area (Å²) in [5, 5.41) is 21.4. The lowest BCUT2D eigenvalue weighted by Gasteiger charge is -2.61. The molecule has 0 bridgehead atoms. The number of hydrogen-bond donors (Lipinski definition) is 2. The van der Waals surface area contributed by atoms with Crippen molar-refractivity contribution in [3.05, 3.63) is 12.7 Å². The Labute approximate surface area is 137 Å². The van der Waals surface area contributed by atoms with Gasteiger partial charge in [-0.15, -0.1) is 6.58 Å². The summed E-state index contributed by atoms with van der Waals surface area (Å²) in [6, 6.07) is 0. The van der Waals surface area contributed by atoms with Crippen LogP contribution in [0.5, 0.6) is 0 Å². The molecule has 2 aliphatic carbocycles. The van der Waals surface area contributed by atoms with Crippen LogP contribution in [0.25, 0.3) is 0 Å². The Kier molecular flexibility index (Phi) is 4.61. The molecule has 2 heteroatoms. The normalized spacial score (nSPS) is 44.0. The minimum absolute atomic E-state index is 0.181. The molecule has 0 aromatic carbocycles. The van der Waals surface area contributed by atoms with Crippen LogP contribution in [-0.2, 0) is 0 Å². The van der Waals surface area contributed by atoms with Crippen LogP contribution in [0.15, 0.2) is 12.7 Å². The van der Waals surface area contributed by atoms with Crippen molar-refractivity contribution in [1.82, 2.24) is 0 Å². The van der Waals surface area contributed by atoms with Crippen molar-refractivity contribution in [3.63, 3.8) is 0 Å². The maximum atomic E-state index is 11.1. The second-order valence-corrected chi connectivity index (χ2v) is 9.45. The van der Waals surface area contributed by atoms with E-state index in [1.807, 2.05) is 13.8 Å². The third-order valence-electron chi connectivity index (χ3n) is 7.14. The quantitative estimate of drug-likeness (QED) is 0.739. The van der Waals surface area contributed by atoms with Gasteiger partial charge in [-0.05, 0) is 75.0 Å². The Morgan fingerprint density at radius 3 is 2.41 bits per heavy atom. The first-order valence-corrected chi connectivity index (χ1v) is 9.03. The minimum atomic E-state index is -0.830. The molecule has 2 nitrogen and oxygen atoms in total. The van der Waals surface area contributed by atoms with E-state index in [1.165, 1.54) is 19.3 Å². The number of rotatable bonds is 4. The van der Waals surface area contributed by atoms with E-state index in [0.29, 0.717) is 17.8 Å². The Bertz CT molecular complexity index is 421. The lowest BCUT2D eigenvalue weighted by molar-refractivity contribution is -0.171. The van der Waals surface area contributed by atoms with Crippen LogP contribution in [0.4, 0.5) is 0 Å². The van der Waals surface area contributed by atoms with Crippen molar-refractivity contribution in [1.29, 1.82) is 0 Å². The van der Waals surface area contributed by atoms with Crippen molar-refractivity contribution in [2.45, 2.75) is 90.8 Å². The van der Waals surface area contributed by atoms with Crippen LogP contribution in [0, 0.1) is 22.7 Å². The zero-order valence-electron chi connectivity index (χ0n) is 15.3. The predicted molar refractivity (Wildman–Crippen MR) is 92.6 cm³/mol. The first-order valence-electron chi connectivity index (χ1n) is 9.03. The lowest BCUT2D eigenvalue weighted by atomic mass is 9.45. The molecule has 128 valence electrons. The van der Waals surface area contributed by atoms with Gasteiger partial charge >= 0.3 is 0 Å². The molecule has 0 aromatic rings. The van der Waals surface area contributed by atoms with E-state index in [-0.39, 0.29) is 11.3 Å². The van der Waals surface area contributed by atoms with Crippen LogP contribution in [0.2, 0.25) is 0 Å². The van der Waals surface area contributed by atoms with Crippen LogP contribution in [-0.4, -0.2) is 21.4 Å². The van der Waals surface area contributed by atoms with Crippen LogP contribution in [0.3, 0.4) is 0 Å². The van der Waals surface area contributed by atoms with Crippen molar-refractivity contribution in [2.75, 3.05) is 0 Å². The topological polar surface area (TPSA) is 40.5 Å². The van der Waals surface area contributed by atoms with E-state index in [2.05, 4.69) is 27.4 Å². The Balaban J connectivity index is 2.28. The SMILES string of the molecule is C=C[C@](C)(O)CC[C@H]1C(C)(O)CC[C@H]2C(C)(C)CCC[C@@]21C. The molecule has 5 atom stereocenters. The average Bonchev–Trinajstić information content (AvgIpc) is 2.35. The van der Waals surface area contributed by atoms with Gasteiger partial charge in [0.05, 0.1) is 11.2 Å². The van der Waals surface area contributed by atoms with Gasteiger partial charge in [0.2, 0.25) is 0 Å². The third-order valence-corrected chi connectivity index (χ3v) is 7.14. The second-order valence-electron chi connectivity index (χ2n) is 9.45. The van der Waals surface area contributed by atoms with Gasteiger partial charge in [-0.25, -0.2) is 0 Å². The molecular formula is C20H36O2. The molecule has 22 heavy (non-hydrogen) atoms. The predicted octanol–water partition coefficient (Wildman–Crippen LogP) is 4.70. The van der Waals surface area contributed by atoms with Crippen LogP contribution < -0.4 is 0 Å². The summed E-state index contributed by atoms with van der Waals surface area (Å²) in [4.78, 5) is 0. The monoisotopic (exact) mass is 308 g/mol. The van der Waals surface area contributed by atoms with Crippen molar-refractivity contribution >= 4 is 0 Å². The van der Waals surface area contributed by atoms with E-state index in [9.17, 15) is 10.2 Å². The van der Waals surface area contributed by atoms with Crippen molar-refractivity contribution < 1.29 is 10.2 Å². The molecule has 2 rings (SSSR count). The molecule has 0 aromatic heterocycles. The summed E-state index contributed by atoms with van der Waals surface area (Å²) in [5.41, 5.74) is -0.900. The van der Waals surface area contributed by atoms with E-state index >= 15 is 0 Å².